The van der Waals surface area contributed by atoms with Crippen LogP contribution in [0.4, 0.5) is 8.78 Å². The molecule has 3 aromatic rings. The predicted molar refractivity (Wildman–Crippen MR) is 85.5 cm³/mol. The zero-order valence-electron chi connectivity index (χ0n) is 10.7. The minimum atomic E-state index is -2.03. The van der Waals surface area contributed by atoms with Crippen LogP contribution in [-0.2, 0) is 11.1 Å². The van der Waals surface area contributed by atoms with Crippen molar-refractivity contribution in [2.24, 2.45) is 0 Å². The van der Waals surface area contributed by atoms with Crippen molar-refractivity contribution in [2.75, 3.05) is 0 Å². The average Bonchev–Trinajstić information content (AvgIpc) is 2.46. The molecule has 0 saturated heterocycles. The summed E-state index contributed by atoms with van der Waals surface area (Å²) in [5.41, 5.74) is 0.936. The van der Waals surface area contributed by atoms with Crippen LogP contribution in [0.15, 0.2) is 59.5 Å². The Balaban J connectivity index is 0.00000176. The summed E-state index contributed by atoms with van der Waals surface area (Å²) in [5.74, 6) is -1.24. The van der Waals surface area contributed by atoms with E-state index in [-0.39, 0.29) is 29.6 Å². The van der Waals surface area contributed by atoms with Crippen LogP contribution in [0.3, 0.4) is 0 Å². The van der Waals surface area contributed by atoms with Gasteiger partial charge in [-0.3, -0.25) is 0 Å². The Hall–Kier alpha value is -1.11. The van der Waals surface area contributed by atoms with E-state index in [0.29, 0.717) is 16.0 Å². The summed E-state index contributed by atoms with van der Waals surface area (Å²) in [4.78, 5) is 0.309. The summed E-state index contributed by atoms with van der Waals surface area (Å²) in [6, 6.07) is 13.5. The van der Waals surface area contributed by atoms with Gasteiger partial charge in [0.1, 0.15) is 11.6 Å². The van der Waals surface area contributed by atoms with Crippen molar-refractivity contribution >= 4 is 51.4 Å². The van der Waals surface area contributed by atoms with Crippen LogP contribution >= 0.6 is 0 Å². The topological polar surface area (TPSA) is 37.3 Å². The van der Waals surface area contributed by atoms with Gasteiger partial charge >= 0.3 is 29.6 Å². The van der Waals surface area contributed by atoms with Crippen LogP contribution < -0.4 is 0 Å². The number of rotatable bonds is 2. The van der Waals surface area contributed by atoms with Gasteiger partial charge in [0.2, 0.25) is 0 Å². The Bertz CT molecular complexity index is 868. The van der Waals surface area contributed by atoms with E-state index in [1.807, 2.05) is 0 Å². The molecule has 108 valence electrons. The molecule has 3 aromatic carbocycles. The monoisotopic (exact) mass is 328 g/mol. The van der Waals surface area contributed by atoms with E-state index in [1.165, 1.54) is 12.1 Å². The molecule has 1 N–H and O–H groups in total. The van der Waals surface area contributed by atoms with Gasteiger partial charge in [0.05, 0.1) is 4.90 Å². The molecule has 0 aliphatic heterocycles. The Morgan fingerprint density at radius 1 is 0.864 bits per heavy atom. The molecule has 0 aromatic heterocycles. The van der Waals surface area contributed by atoms with Crippen LogP contribution in [0.1, 0.15) is 0 Å². The first-order valence-corrected chi connectivity index (χ1v) is 7.25. The van der Waals surface area contributed by atoms with Crippen molar-refractivity contribution in [3.63, 3.8) is 0 Å². The van der Waals surface area contributed by atoms with E-state index in [2.05, 4.69) is 0 Å². The predicted octanol–water partition coefficient (Wildman–Crippen LogP) is 3.72. The molecule has 1 atom stereocenters. The van der Waals surface area contributed by atoms with Gasteiger partial charge < -0.3 is 4.55 Å². The Morgan fingerprint density at radius 2 is 1.55 bits per heavy atom. The molecular formula is C16H11F2NaO2S. The fourth-order valence-electron chi connectivity index (χ4n) is 2.22. The fourth-order valence-corrected chi connectivity index (χ4v) is 2.64. The Kier molecular flexibility index (Phi) is 5.47. The van der Waals surface area contributed by atoms with Crippen molar-refractivity contribution < 1.29 is 17.5 Å². The second-order valence-corrected chi connectivity index (χ2v) is 5.57. The molecule has 0 aliphatic rings. The number of hydrogen-bond acceptors (Lipinski definition) is 1. The maximum atomic E-state index is 13.8. The molecule has 0 fully saturated rings. The van der Waals surface area contributed by atoms with Crippen molar-refractivity contribution in [3.05, 3.63) is 66.2 Å². The van der Waals surface area contributed by atoms with E-state index in [4.69, 9.17) is 4.55 Å². The first kappa shape index (κ1) is 17.2. The number of fused-ring (bicyclic) bond motifs is 1. The summed E-state index contributed by atoms with van der Waals surface area (Å²) in [5, 5.41) is 1.59. The average molecular weight is 328 g/mol. The second kappa shape index (κ2) is 6.98. The van der Waals surface area contributed by atoms with Gasteiger partial charge in [0.25, 0.3) is 0 Å². The van der Waals surface area contributed by atoms with Gasteiger partial charge in [-0.1, -0.05) is 18.2 Å². The molecule has 3 rings (SSSR count). The minimum absolute atomic E-state index is 0. The van der Waals surface area contributed by atoms with Gasteiger partial charge in [-0.25, -0.2) is 13.0 Å². The van der Waals surface area contributed by atoms with E-state index < -0.39 is 22.7 Å². The molecule has 0 bridgehead atoms. The molecule has 0 saturated carbocycles. The molecule has 22 heavy (non-hydrogen) atoms. The number of hydrogen-bond donors (Lipinski definition) is 1. The molecule has 0 amide bonds. The van der Waals surface area contributed by atoms with Gasteiger partial charge in [0.15, 0.2) is 11.1 Å². The normalized spacial score (nSPS) is 12.0. The summed E-state index contributed by atoms with van der Waals surface area (Å²) in [6.45, 7) is 0. The van der Waals surface area contributed by atoms with Crippen molar-refractivity contribution in [1.29, 1.82) is 0 Å². The van der Waals surface area contributed by atoms with Gasteiger partial charge in [-0.05, 0) is 46.7 Å². The molecule has 0 radical (unpaired) electrons. The quantitative estimate of drug-likeness (QED) is 0.575. The van der Waals surface area contributed by atoms with E-state index >= 15 is 0 Å². The number of benzene rings is 3. The van der Waals surface area contributed by atoms with Crippen LogP contribution in [-0.4, -0.2) is 38.3 Å². The van der Waals surface area contributed by atoms with E-state index in [0.717, 1.165) is 16.8 Å². The van der Waals surface area contributed by atoms with Gasteiger partial charge in [-0.2, -0.15) is 0 Å². The summed E-state index contributed by atoms with van der Waals surface area (Å²) >= 11 is -2.03. The standard InChI is InChI=1S/C16H10F2O2S.Na.H/c17-13-4-6-15(16(18)9-13)12-2-1-11-8-14(21(19)20)5-3-10(11)7-12;;/h1-9H,(H,19,20);;. The van der Waals surface area contributed by atoms with E-state index in [9.17, 15) is 13.0 Å². The molecule has 2 nitrogen and oxygen atoms in total. The third-order valence-corrected chi connectivity index (χ3v) is 3.91. The van der Waals surface area contributed by atoms with Crippen LogP contribution in [0.5, 0.6) is 0 Å². The summed E-state index contributed by atoms with van der Waals surface area (Å²) in [7, 11) is 0. The van der Waals surface area contributed by atoms with Gasteiger partial charge in [-0.15, -0.1) is 0 Å². The number of halogens is 2. The van der Waals surface area contributed by atoms with Crippen molar-refractivity contribution in [1.82, 2.24) is 0 Å². The van der Waals surface area contributed by atoms with Crippen LogP contribution in [0.25, 0.3) is 21.9 Å². The maximum absolute atomic E-state index is 13.8. The Labute approximate surface area is 150 Å². The van der Waals surface area contributed by atoms with Crippen molar-refractivity contribution in [2.45, 2.75) is 4.90 Å². The molecule has 0 heterocycles. The summed E-state index contributed by atoms with van der Waals surface area (Å²) in [6.07, 6.45) is 0. The molecule has 0 aliphatic carbocycles. The van der Waals surface area contributed by atoms with Crippen LogP contribution in [0, 0.1) is 11.6 Å². The zero-order chi connectivity index (χ0) is 15.0. The molecule has 6 heteroatoms. The van der Waals surface area contributed by atoms with Crippen LogP contribution in [0.2, 0.25) is 0 Å². The zero-order valence-corrected chi connectivity index (χ0v) is 11.5. The van der Waals surface area contributed by atoms with Crippen molar-refractivity contribution in [3.8, 4) is 11.1 Å². The Morgan fingerprint density at radius 3 is 2.23 bits per heavy atom. The second-order valence-electron chi connectivity index (χ2n) is 4.60. The first-order valence-electron chi connectivity index (χ1n) is 6.15. The SMILES string of the molecule is O=S(O)c1ccc2cc(-c3ccc(F)cc3F)ccc2c1.[NaH]. The third-order valence-electron chi connectivity index (χ3n) is 3.26. The molecular weight excluding hydrogens is 317 g/mol. The summed E-state index contributed by atoms with van der Waals surface area (Å²) < 4.78 is 46.8. The van der Waals surface area contributed by atoms with Gasteiger partial charge in [0, 0.05) is 11.6 Å². The third kappa shape index (κ3) is 3.45. The first-order chi connectivity index (χ1) is 10.0. The molecule has 1 unspecified atom stereocenters. The fraction of sp³-hybridized carbons (Fsp3) is 0. The molecule has 0 spiro atoms. The van der Waals surface area contributed by atoms with E-state index in [1.54, 1.807) is 36.4 Å².